The smallest absolute Gasteiger partial charge is 0.143 e. The molecule has 0 atom stereocenters. The van der Waals surface area contributed by atoms with Gasteiger partial charge in [0, 0.05) is 16.3 Å². The van der Waals surface area contributed by atoms with Crippen molar-refractivity contribution in [2.75, 3.05) is 0 Å². The van der Waals surface area contributed by atoms with E-state index in [1.807, 2.05) is 39.8 Å². The average Bonchev–Trinajstić information content (AvgIpc) is 3.70. The van der Waals surface area contributed by atoms with Crippen molar-refractivity contribution in [1.29, 1.82) is 0 Å². The minimum absolute atomic E-state index is 0.100. The van der Waals surface area contributed by atoms with Crippen LogP contribution in [0.25, 0.3) is 93.7 Å². The molecule has 9 aromatic carbocycles. The number of aryl methyl sites for hydroxylation is 1. The number of benzene rings is 9. The maximum Gasteiger partial charge on any atom is 0.143 e. The molecule has 1 nitrogen and oxygen atoms in total. The maximum absolute atomic E-state index is 6.34. The second-order valence-corrected chi connectivity index (χ2v) is 17.5. The molecule has 0 amide bonds. The molecule has 0 fully saturated rings. The largest absolute Gasteiger partial charge is 0.455 e. The van der Waals surface area contributed by atoms with Crippen molar-refractivity contribution in [2.24, 2.45) is 0 Å². The van der Waals surface area contributed by atoms with Gasteiger partial charge >= 0.3 is 0 Å². The minimum atomic E-state index is 0.100. The van der Waals surface area contributed by atoms with Crippen molar-refractivity contribution in [1.82, 2.24) is 0 Å². The third-order valence-electron chi connectivity index (χ3n) is 12.4. The van der Waals surface area contributed by atoms with E-state index >= 15 is 0 Å². The molecule has 0 saturated heterocycles. The van der Waals surface area contributed by atoms with Crippen molar-refractivity contribution in [3.05, 3.63) is 186 Å². The lowest BCUT2D eigenvalue weighted by atomic mass is 9.84. The molecule has 0 saturated carbocycles. The van der Waals surface area contributed by atoms with Crippen molar-refractivity contribution >= 4 is 60.3 Å². The molecular formula is C62H64O. The van der Waals surface area contributed by atoms with Gasteiger partial charge in [0.25, 0.3) is 0 Å². The van der Waals surface area contributed by atoms with Gasteiger partial charge in [-0.2, -0.15) is 0 Å². The first-order valence-electron chi connectivity index (χ1n) is 23.1. The molecule has 0 bridgehead atoms. The lowest BCUT2D eigenvalue weighted by molar-refractivity contribution is 0.590. The Balaban J connectivity index is 0.000000281. The van der Waals surface area contributed by atoms with E-state index < -0.39 is 0 Å². The van der Waals surface area contributed by atoms with Gasteiger partial charge in [0.05, 0.1) is 0 Å². The zero-order chi connectivity index (χ0) is 45.0. The highest BCUT2D eigenvalue weighted by atomic mass is 16.3. The number of allylic oxidation sites excluding steroid dienone is 1. The SMILES string of the molecule is C/C=C\c1ccc(C)c(C)c1C(C)C.CC.CC.CC(C)(C)c1cccc(-c2ccc3ccc4c(-c5ccc(-c6cccc7c6oc6ccccc67)cc5)ccc5ccc2c3c54)c1. The van der Waals surface area contributed by atoms with E-state index in [4.69, 9.17) is 4.42 Å². The van der Waals surface area contributed by atoms with Crippen molar-refractivity contribution in [3.8, 4) is 33.4 Å². The number of rotatable bonds is 5. The molecule has 1 aromatic heterocycles. The van der Waals surface area contributed by atoms with Gasteiger partial charge in [0.2, 0.25) is 0 Å². The molecule has 1 heteroatoms. The van der Waals surface area contributed by atoms with Gasteiger partial charge in [-0.1, -0.05) is 220 Å². The molecule has 1 heterocycles. The van der Waals surface area contributed by atoms with Crippen LogP contribution in [0.15, 0.2) is 162 Å². The molecular weight excluding hydrogens is 761 g/mol. The van der Waals surface area contributed by atoms with Gasteiger partial charge in [0.1, 0.15) is 11.2 Å². The fourth-order valence-electron chi connectivity index (χ4n) is 9.21. The Morgan fingerprint density at radius 2 is 1.06 bits per heavy atom. The van der Waals surface area contributed by atoms with Crippen LogP contribution in [0.5, 0.6) is 0 Å². The fourth-order valence-corrected chi connectivity index (χ4v) is 9.21. The maximum atomic E-state index is 6.34. The highest BCUT2D eigenvalue weighted by molar-refractivity contribution is 6.27. The summed E-state index contributed by atoms with van der Waals surface area (Å²) in [5.41, 5.74) is 16.3. The first-order chi connectivity index (χ1) is 30.5. The van der Waals surface area contributed by atoms with Gasteiger partial charge in [0.15, 0.2) is 0 Å². The summed E-state index contributed by atoms with van der Waals surface area (Å²) >= 11 is 0. The zero-order valence-corrected chi connectivity index (χ0v) is 39.6. The van der Waals surface area contributed by atoms with E-state index in [2.05, 4.69) is 207 Å². The van der Waals surface area contributed by atoms with E-state index in [-0.39, 0.29) is 5.41 Å². The molecule has 63 heavy (non-hydrogen) atoms. The number of fused-ring (bicyclic) bond motifs is 3. The third kappa shape index (κ3) is 8.55. The molecule has 0 spiro atoms. The second kappa shape index (κ2) is 18.9. The van der Waals surface area contributed by atoms with Gasteiger partial charge in [-0.25, -0.2) is 0 Å². The number of furan rings is 1. The normalized spacial score (nSPS) is 11.6. The Morgan fingerprint density at radius 1 is 0.508 bits per heavy atom. The summed E-state index contributed by atoms with van der Waals surface area (Å²) in [4.78, 5) is 0. The van der Waals surface area contributed by atoms with Gasteiger partial charge in [-0.15, -0.1) is 0 Å². The fraction of sp³-hybridized carbons (Fsp3) is 0.226. The van der Waals surface area contributed by atoms with E-state index in [1.165, 1.54) is 82.4 Å². The van der Waals surface area contributed by atoms with Crippen molar-refractivity contribution < 1.29 is 4.42 Å². The van der Waals surface area contributed by atoms with Crippen LogP contribution in [0.4, 0.5) is 0 Å². The highest BCUT2D eigenvalue weighted by Crippen LogP contribution is 2.43. The van der Waals surface area contributed by atoms with E-state index in [0.717, 1.165) is 33.1 Å². The van der Waals surface area contributed by atoms with Crippen LogP contribution in [0.1, 0.15) is 103 Å². The first kappa shape index (κ1) is 44.6. The molecule has 0 radical (unpaired) electrons. The summed E-state index contributed by atoms with van der Waals surface area (Å²) in [6.45, 7) is 25.8. The van der Waals surface area contributed by atoms with Crippen LogP contribution in [0.3, 0.4) is 0 Å². The minimum Gasteiger partial charge on any atom is -0.455 e. The molecule has 0 aliphatic rings. The van der Waals surface area contributed by atoms with Crippen LogP contribution in [-0.2, 0) is 5.41 Å². The first-order valence-corrected chi connectivity index (χ1v) is 23.1. The Bertz CT molecular complexity index is 3180. The topological polar surface area (TPSA) is 13.1 Å². The standard InChI is InChI=1S/C44H32O.C14H20.2C2H6/c1-44(2,3)32-9-6-8-31(26-32)34-23-19-30-20-24-37-33(22-18-29-21-25-38(34)42(30)41(29)37)27-14-16-28(17-15-27)35-11-7-12-39-36-10-4-5-13-40(36)45-43(35)39;1-6-7-13-9-8-11(4)12(5)14(13)10(2)3;2*1-2/h4-26H,1-3H3;6-10H,1-5H3;2*1-2H3/b;7-6-;;. The molecule has 0 unspecified atom stereocenters. The Labute approximate surface area is 376 Å². The van der Waals surface area contributed by atoms with E-state index in [0.29, 0.717) is 5.92 Å². The number of hydrogen-bond donors (Lipinski definition) is 0. The molecule has 318 valence electrons. The van der Waals surface area contributed by atoms with Gasteiger partial charge < -0.3 is 4.42 Å². The second-order valence-electron chi connectivity index (χ2n) is 17.5. The summed E-state index contributed by atoms with van der Waals surface area (Å²) in [6.07, 6.45) is 4.30. The van der Waals surface area contributed by atoms with Gasteiger partial charge in [-0.3, -0.25) is 0 Å². The summed E-state index contributed by atoms with van der Waals surface area (Å²) < 4.78 is 6.34. The Hall–Kier alpha value is -6.44. The predicted octanol–water partition coefficient (Wildman–Crippen LogP) is 19.3. The van der Waals surface area contributed by atoms with Gasteiger partial charge in [-0.05, 0) is 126 Å². The van der Waals surface area contributed by atoms with E-state index in [9.17, 15) is 0 Å². The third-order valence-corrected chi connectivity index (χ3v) is 12.4. The lowest BCUT2D eigenvalue weighted by Crippen LogP contribution is -2.10. The zero-order valence-electron chi connectivity index (χ0n) is 39.6. The van der Waals surface area contributed by atoms with Crippen LogP contribution in [0, 0.1) is 13.8 Å². The predicted molar refractivity (Wildman–Crippen MR) is 280 cm³/mol. The van der Waals surface area contributed by atoms with Crippen molar-refractivity contribution in [2.45, 2.75) is 94.4 Å². The molecule has 10 rings (SSSR count). The Kier molecular flexibility index (Phi) is 13.4. The van der Waals surface area contributed by atoms with Crippen LogP contribution >= 0.6 is 0 Å². The number of para-hydroxylation sites is 2. The van der Waals surface area contributed by atoms with E-state index in [1.54, 1.807) is 0 Å². The molecule has 0 aliphatic carbocycles. The lowest BCUT2D eigenvalue weighted by Gasteiger charge is -2.21. The summed E-state index contributed by atoms with van der Waals surface area (Å²) in [5.74, 6) is 0.598. The molecule has 0 N–H and O–H groups in total. The van der Waals surface area contributed by atoms with Crippen LogP contribution in [0.2, 0.25) is 0 Å². The van der Waals surface area contributed by atoms with Crippen LogP contribution < -0.4 is 0 Å². The van der Waals surface area contributed by atoms with Crippen LogP contribution in [-0.4, -0.2) is 0 Å². The molecule has 10 aromatic rings. The summed E-state index contributed by atoms with van der Waals surface area (Å²) in [5, 5.41) is 10.2. The monoisotopic (exact) mass is 824 g/mol. The number of hydrogen-bond acceptors (Lipinski definition) is 1. The average molecular weight is 825 g/mol. The van der Waals surface area contributed by atoms with Crippen molar-refractivity contribution in [3.63, 3.8) is 0 Å². The summed E-state index contributed by atoms with van der Waals surface area (Å²) in [6, 6.07) is 55.5. The molecule has 0 aliphatic heterocycles. The Morgan fingerprint density at radius 3 is 1.67 bits per heavy atom. The highest BCUT2D eigenvalue weighted by Gasteiger charge is 2.18. The summed E-state index contributed by atoms with van der Waals surface area (Å²) in [7, 11) is 0. The quantitative estimate of drug-likeness (QED) is 0.158.